The predicted octanol–water partition coefficient (Wildman–Crippen LogP) is 1.78. The van der Waals surface area contributed by atoms with Gasteiger partial charge in [-0.2, -0.15) is 0 Å². The molecule has 0 radical (unpaired) electrons. The molecule has 2 aliphatic heterocycles. The van der Waals surface area contributed by atoms with Crippen LogP contribution in [0, 0.1) is 5.92 Å². The van der Waals surface area contributed by atoms with Crippen LogP contribution in [0.25, 0.3) is 0 Å². The van der Waals surface area contributed by atoms with Crippen LogP contribution in [-0.4, -0.2) is 33.9 Å². The molecule has 2 aliphatic carbocycles. The quantitative estimate of drug-likeness (QED) is 0.912. The molecule has 0 aromatic carbocycles. The van der Waals surface area contributed by atoms with E-state index in [9.17, 15) is 4.79 Å². The third-order valence-corrected chi connectivity index (χ3v) is 5.77. The highest BCUT2D eigenvalue weighted by molar-refractivity contribution is 7.09. The highest BCUT2D eigenvalue weighted by atomic mass is 32.1. The first-order valence-corrected chi connectivity index (χ1v) is 8.09. The minimum absolute atomic E-state index is 0.202. The van der Waals surface area contributed by atoms with Gasteiger partial charge in [0.2, 0.25) is 5.91 Å². The molecule has 2 saturated heterocycles. The number of carbonyl (C=O) groups is 1. The second-order valence-corrected chi connectivity index (χ2v) is 7.19. The molecule has 19 heavy (non-hydrogen) atoms. The van der Waals surface area contributed by atoms with Crippen molar-refractivity contribution in [3.05, 3.63) is 16.6 Å². The zero-order chi connectivity index (χ0) is 12.9. The number of thiazole rings is 1. The highest BCUT2D eigenvalue weighted by Gasteiger charge is 2.60. The first-order chi connectivity index (χ1) is 9.26. The van der Waals surface area contributed by atoms with E-state index >= 15 is 0 Å². The number of fused-ring (bicyclic) bond motifs is 1. The van der Waals surface area contributed by atoms with E-state index in [0.29, 0.717) is 6.04 Å². The molecule has 102 valence electrons. The monoisotopic (exact) mass is 277 g/mol. The average Bonchev–Trinajstić information content (AvgIpc) is 2.97. The Labute approximate surface area is 117 Å². The van der Waals surface area contributed by atoms with Crippen LogP contribution in [0.2, 0.25) is 0 Å². The Morgan fingerprint density at radius 2 is 2.37 bits per heavy atom. The molecule has 4 fully saturated rings. The number of rotatable bonds is 4. The molecule has 1 aromatic heterocycles. The highest BCUT2D eigenvalue weighted by Crippen LogP contribution is 2.51. The lowest BCUT2D eigenvalue weighted by Gasteiger charge is -2.42. The summed E-state index contributed by atoms with van der Waals surface area (Å²) in [4.78, 5) is 19.3. The Morgan fingerprint density at radius 1 is 1.53 bits per heavy atom. The van der Waals surface area contributed by atoms with Gasteiger partial charge in [0.25, 0.3) is 0 Å². The minimum Gasteiger partial charge on any atom is -0.352 e. The van der Waals surface area contributed by atoms with Gasteiger partial charge in [-0.15, -0.1) is 11.3 Å². The van der Waals surface area contributed by atoms with Gasteiger partial charge in [0.15, 0.2) is 0 Å². The maximum absolute atomic E-state index is 12.6. The summed E-state index contributed by atoms with van der Waals surface area (Å²) in [6, 6.07) is 0.447. The second kappa shape index (κ2) is 4.28. The van der Waals surface area contributed by atoms with Crippen LogP contribution >= 0.6 is 11.3 Å². The van der Waals surface area contributed by atoms with Gasteiger partial charge in [-0.25, -0.2) is 4.98 Å². The first-order valence-electron chi connectivity index (χ1n) is 7.21. The molecule has 0 unspecified atom stereocenters. The van der Waals surface area contributed by atoms with E-state index in [-0.39, 0.29) is 11.4 Å². The van der Waals surface area contributed by atoms with Crippen LogP contribution in [0.15, 0.2) is 11.6 Å². The summed E-state index contributed by atoms with van der Waals surface area (Å²) in [5.41, 5.74) is -0.202. The van der Waals surface area contributed by atoms with E-state index in [1.165, 1.54) is 6.42 Å². The van der Waals surface area contributed by atoms with Crippen LogP contribution in [0.5, 0.6) is 0 Å². The van der Waals surface area contributed by atoms with Crippen molar-refractivity contribution in [3.8, 4) is 0 Å². The summed E-state index contributed by atoms with van der Waals surface area (Å²) in [7, 11) is 0. The molecular weight excluding hydrogens is 258 g/mol. The second-order valence-electron chi connectivity index (χ2n) is 6.21. The largest absolute Gasteiger partial charge is 0.352 e. The van der Waals surface area contributed by atoms with Gasteiger partial charge in [-0.05, 0) is 38.0 Å². The zero-order valence-electron chi connectivity index (χ0n) is 11.0. The number of amides is 1. The number of nitrogens with one attached hydrogen (secondary N) is 1. The number of aromatic nitrogens is 1. The first kappa shape index (κ1) is 11.9. The van der Waals surface area contributed by atoms with E-state index in [1.807, 2.05) is 11.6 Å². The lowest BCUT2D eigenvalue weighted by atomic mass is 9.72. The Morgan fingerprint density at radius 3 is 3.00 bits per heavy atom. The van der Waals surface area contributed by atoms with Gasteiger partial charge < -0.3 is 5.32 Å². The van der Waals surface area contributed by atoms with E-state index in [0.717, 1.165) is 49.7 Å². The van der Waals surface area contributed by atoms with Gasteiger partial charge in [-0.1, -0.05) is 0 Å². The molecule has 4 nitrogen and oxygen atoms in total. The van der Waals surface area contributed by atoms with Crippen molar-refractivity contribution in [2.75, 3.05) is 6.54 Å². The fourth-order valence-corrected chi connectivity index (χ4v) is 4.31. The summed E-state index contributed by atoms with van der Waals surface area (Å²) in [5.74, 6) is 1.01. The van der Waals surface area contributed by atoms with Crippen LogP contribution in [-0.2, 0) is 11.3 Å². The zero-order valence-corrected chi connectivity index (χ0v) is 11.8. The SMILES string of the molecule is O=C(NC1CCC1)C12CC(CN1Cc1nccs1)C2. The number of hydrogen-bond acceptors (Lipinski definition) is 4. The topological polar surface area (TPSA) is 45.2 Å². The van der Waals surface area contributed by atoms with Gasteiger partial charge in [0.1, 0.15) is 10.5 Å². The lowest BCUT2D eigenvalue weighted by Crippen LogP contribution is -2.59. The molecule has 1 amide bonds. The van der Waals surface area contributed by atoms with Crippen molar-refractivity contribution < 1.29 is 4.79 Å². The molecule has 0 atom stereocenters. The lowest BCUT2D eigenvalue weighted by molar-refractivity contribution is -0.136. The summed E-state index contributed by atoms with van der Waals surface area (Å²) in [5, 5.41) is 6.39. The Balaban J connectivity index is 1.47. The van der Waals surface area contributed by atoms with Gasteiger partial charge in [-0.3, -0.25) is 9.69 Å². The maximum atomic E-state index is 12.6. The average molecular weight is 277 g/mol. The normalized spacial score (nSPS) is 33.8. The molecular formula is C14H19N3OS. The number of nitrogens with zero attached hydrogens (tertiary/aromatic N) is 2. The van der Waals surface area contributed by atoms with Crippen LogP contribution in [0.1, 0.15) is 37.1 Å². The third kappa shape index (κ3) is 1.82. The number of hydrogen-bond donors (Lipinski definition) is 1. The van der Waals surface area contributed by atoms with E-state index in [4.69, 9.17) is 0 Å². The molecule has 1 aromatic rings. The van der Waals surface area contributed by atoms with Gasteiger partial charge in [0, 0.05) is 24.2 Å². The summed E-state index contributed by atoms with van der Waals surface area (Å²) in [6.45, 7) is 1.91. The summed E-state index contributed by atoms with van der Waals surface area (Å²) in [6.07, 6.45) is 7.55. The van der Waals surface area contributed by atoms with Crippen LogP contribution in [0.4, 0.5) is 0 Å². The maximum Gasteiger partial charge on any atom is 0.240 e. The molecule has 5 heteroatoms. The van der Waals surface area contributed by atoms with Gasteiger partial charge >= 0.3 is 0 Å². The van der Waals surface area contributed by atoms with Crippen molar-refractivity contribution in [1.82, 2.24) is 15.2 Å². The molecule has 4 aliphatic rings. The van der Waals surface area contributed by atoms with Crippen molar-refractivity contribution in [3.63, 3.8) is 0 Å². The third-order valence-electron chi connectivity index (χ3n) is 5.01. The Hall–Kier alpha value is -0.940. The Kier molecular flexibility index (Phi) is 2.67. The minimum atomic E-state index is -0.202. The van der Waals surface area contributed by atoms with Crippen molar-refractivity contribution in [2.24, 2.45) is 5.92 Å². The van der Waals surface area contributed by atoms with E-state index in [1.54, 1.807) is 11.3 Å². The van der Waals surface area contributed by atoms with Crippen LogP contribution < -0.4 is 5.32 Å². The molecule has 2 bridgehead atoms. The standard InChI is InChI=1S/C14H19N3OS/c18-13(16-11-2-1-3-11)14-6-10(7-14)8-17(14)9-12-15-4-5-19-12/h4-5,10-11H,1-3,6-9H2,(H,16,18). The van der Waals surface area contributed by atoms with E-state index in [2.05, 4.69) is 15.2 Å². The summed E-state index contributed by atoms with van der Waals surface area (Å²) < 4.78 is 0. The predicted molar refractivity (Wildman–Crippen MR) is 73.8 cm³/mol. The van der Waals surface area contributed by atoms with Crippen molar-refractivity contribution in [2.45, 2.75) is 50.2 Å². The molecule has 2 saturated carbocycles. The van der Waals surface area contributed by atoms with Crippen molar-refractivity contribution in [1.29, 1.82) is 0 Å². The Bertz CT molecular complexity index is 477. The van der Waals surface area contributed by atoms with Crippen LogP contribution in [0.3, 0.4) is 0 Å². The molecule has 0 spiro atoms. The number of carbonyl (C=O) groups excluding carboxylic acids is 1. The fourth-order valence-electron chi connectivity index (χ4n) is 3.68. The van der Waals surface area contributed by atoms with Crippen molar-refractivity contribution >= 4 is 17.2 Å². The van der Waals surface area contributed by atoms with E-state index < -0.39 is 0 Å². The smallest absolute Gasteiger partial charge is 0.240 e. The van der Waals surface area contributed by atoms with Gasteiger partial charge in [0.05, 0.1) is 6.54 Å². The summed E-state index contributed by atoms with van der Waals surface area (Å²) >= 11 is 1.69. The molecule has 3 heterocycles. The molecule has 5 rings (SSSR count). The molecule has 1 N–H and O–H groups in total. The fraction of sp³-hybridized carbons (Fsp3) is 0.714.